The number of aromatic nitrogens is 2. The fraction of sp³-hybridized carbons (Fsp3) is 0.154. The Morgan fingerprint density at radius 1 is 1.00 bits per heavy atom. The van der Waals surface area contributed by atoms with E-state index in [2.05, 4.69) is 4.98 Å². The lowest BCUT2D eigenvalue weighted by Gasteiger charge is -2.13. The molecule has 1 heterocycles. The number of ether oxygens (including phenoxy) is 1. The molecule has 8 heteroatoms. The molecule has 0 aliphatic carbocycles. The van der Waals surface area contributed by atoms with E-state index in [4.69, 9.17) is 4.74 Å². The third-order valence-electron chi connectivity index (χ3n) is 5.31. The van der Waals surface area contributed by atoms with E-state index in [1.165, 1.54) is 43.5 Å². The molecular weight excluding hydrogens is 455 g/mol. The van der Waals surface area contributed by atoms with Gasteiger partial charge in [-0.15, -0.1) is 0 Å². The standard InChI is InChI=1S/C26H21FN2O4S/c1-33-25(32)19-9-12-21-22(15-19)28-26(34-16-23(30)18-7-10-20(27)11-8-18)29(24(21)31)14-13-17-5-3-2-4-6-17/h2-12,15H,13-14,16H2,1H3. The number of Topliss-reactive ketones (excluding diaryl/α,β-unsaturated/α-hetero) is 1. The molecule has 0 unspecified atom stereocenters. The molecule has 0 amide bonds. The molecule has 6 nitrogen and oxygen atoms in total. The number of methoxy groups -OCH3 is 1. The Balaban J connectivity index is 1.69. The number of carbonyl (C=O) groups excluding carboxylic acids is 2. The van der Waals surface area contributed by atoms with E-state index in [9.17, 15) is 18.8 Å². The molecule has 0 spiro atoms. The monoisotopic (exact) mass is 476 g/mol. The normalized spacial score (nSPS) is 10.9. The number of benzene rings is 3. The maximum absolute atomic E-state index is 13.3. The maximum Gasteiger partial charge on any atom is 0.337 e. The first-order valence-electron chi connectivity index (χ1n) is 10.5. The number of carbonyl (C=O) groups is 2. The summed E-state index contributed by atoms with van der Waals surface area (Å²) < 4.78 is 19.5. The van der Waals surface area contributed by atoms with Gasteiger partial charge in [0, 0.05) is 12.1 Å². The lowest BCUT2D eigenvalue weighted by atomic mass is 10.1. The van der Waals surface area contributed by atoms with E-state index in [0.717, 1.165) is 17.3 Å². The summed E-state index contributed by atoms with van der Waals surface area (Å²) in [6, 6.07) is 19.7. The highest BCUT2D eigenvalue weighted by Gasteiger charge is 2.16. The number of ketones is 1. The zero-order valence-corrected chi connectivity index (χ0v) is 19.2. The van der Waals surface area contributed by atoms with Crippen LogP contribution in [0.5, 0.6) is 0 Å². The van der Waals surface area contributed by atoms with Gasteiger partial charge in [0.15, 0.2) is 10.9 Å². The Kier molecular flexibility index (Phi) is 7.18. The van der Waals surface area contributed by atoms with Crippen LogP contribution in [0.4, 0.5) is 4.39 Å². The van der Waals surface area contributed by atoms with E-state index in [-0.39, 0.29) is 22.7 Å². The van der Waals surface area contributed by atoms with Gasteiger partial charge >= 0.3 is 5.97 Å². The summed E-state index contributed by atoms with van der Waals surface area (Å²) in [6.45, 7) is 0.373. The van der Waals surface area contributed by atoms with Crippen molar-refractivity contribution in [2.45, 2.75) is 18.1 Å². The second kappa shape index (κ2) is 10.4. The smallest absolute Gasteiger partial charge is 0.337 e. The third-order valence-corrected chi connectivity index (χ3v) is 6.28. The first-order valence-corrected chi connectivity index (χ1v) is 11.5. The van der Waals surface area contributed by atoms with Crippen molar-refractivity contribution in [2.75, 3.05) is 12.9 Å². The number of aryl methyl sites for hydroxylation is 1. The van der Waals surface area contributed by atoms with E-state index < -0.39 is 11.8 Å². The SMILES string of the molecule is COC(=O)c1ccc2c(=O)n(CCc3ccccc3)c(SCC(=O)c3ccc(F)cc3)nc2c1. The van der Waals surface area contributed by atoms with Crippen LogP contribution < -0.4 is 5.56 Å². The van der Waals surface area contributed by atoms with Gasteiger partial charge < -0.3 is 4.74 Å². The Hall–Kier alpha value is -3.78. The molecule has 0 aliphatic heterocycles. The van der Waals surface area contributed by atoms with Crippen LogP contribution in [0.1, 0.15) is 26.3 Å². The van der Waals surface area contributed by atoms with Crippen molar-refractivity contribution in [2.24, 2.45) is 0 Å². The minimum absolute atomic E-state index is 0.0195. The summed E-state index contributed by atoms with van der Waals surface area (Å²) in [5.41, 5.74) is 1.81. The third kappa shape index (κ3) is 5.23. The van der Waals surface area contributed by atoms with Crippen LogP contribution in [0.15, 0.2) is 82.7 Å². The van der Waals surface area contributed by atoms with Crippen molar-refractivity contribution in [3.63, 3.8) is 0 Å². The van der Waals surface area contributed by atoms with Gasteiger partial charge in [0.25, 0.3) is 5.56 Å². The summed E-state index contributed by atoms with van der Waals surface area (Å²) in [5, 5.41) is 0.737. The largest absolute Gasteiger partial charge is 0.465 e. The van der Waals surface area contributed by atoms with Gasteiger partial charge in [-0.2, -0.15) is 0 Å². The highest BCUT2D eigenvalue weighted by atomic mass is 32.2. The fourth-order valence-electron chi connectivity index (χ4n) is 3.49. The molecule has 0 saturated carbocycles. The van der Waals surface area contributed by atoms with Crippen molar-refractivity contribution in [1.82, 2.24) is 9.55 Å². The lowest BCUT2D eigenvalue weighted by Crippen LogP contribution is -2.25. The van der Waals surface area contributed by atoms with Gasteiger partial charge in [0.05, 0.1) is 29.3 Å². The molecule has 1 aromatic heterocycles. The van der Waals surface area contributed by atoms with Gasteiger partial charge in [-0.25, -0.2) is 14.2 Å². The second-order valence-corrected chi connectivity index (χ2v) is 8.47. The zero-order chi connectivity index (χ0) is 24.1. The molecule has 0 bridgehead atoms. The number of hydrogen-bond acceptors (Lipinski definition) is 6. The molecule has 0 radical (unpaired) electrons. The van der Waals surface area contributed by atoms with E-state index in [1.807, 2.05) is 30.3 Å². The number of thioether (sulfide) groups is 1. The highest BCUT2D eigenvalue weighted by molar-refractivity contribution is 7.99. The van der Waals surface area contributed by atoms with E-state index in [1.54, 1.807) is 10.6 Å². The molecule has 0 N–H and O–H groups in total. The van der Waals surface area contributed by atoms with Gasteiger partial charge in [0.1, 0.15) is 5.82 Å². The summed E-state index contributed by atoms with van der Waals surface area (Å²) in [6.07, 6.45) is 0.605. The quantitative estimate of drug-likeness (QED) is 0.161. The number of esters is 1. The first kappa shape index (κ1) is 23.4. The van der Waals surface area contributed by atoms with Crippen LogP contribution in [0.3, 0.4) is 0 Å². The molecule has 0 aliphatic rings. The first-order chi connectivity index (χ1) is 16.5. The predicted molar refractivity (Wildman–Crippen MR) is 129 cm³/mol. The van der Waals surface area contributed by atoms with Crippen molar-refractivity contribution in [1.29, 1.82) is 0 Å². The fourth-order valence-corrected chi connectivity index (χ4v) is 4.41. The minimum Gasteiger partial charge on any atom is -0.465 e. The molecule has 4 rings (SSSR count). The number of fused-ring (bicyclic) bond motifs is 1. The molecule has 4 aromatic rings. The van der Waals surface area contributed by atoms with Crippen LogP contribution in [-0.2, 0) is 17.7 Å². The topological polar surface area (TPSA) is 78.3 Å². The van der Waals surface area contributed by atoms with Crippen molar-refractivity contribution >= 4 is 34.4 Å². The number of nitrogens with zero attached hydrogens (tertiary/aromatic N) is 2. The molecule has 0 atom stereocenters. The van der Waals surface area contributed by atoms with Gasteiger partial charge in [0.2, 0.25) is 0 Å². The Labute approximate surface area is 199 Å². The Bertz CT molecular complexity index is 1400. The van der Waals surface area contributed by atoms with Crippen LogP contribution in [0, 0.1) is 5.82 Å². The molecule has 34 heavy (non-hydrogen) atoms. The molecule has 0 fully saturated rings. The van der Waals surface area contributed by atoms with Crippen molar-refractivity contribution in [3.05, 3.63) is 106 Å². The zero-order valence-electron chi connectivity index (χ0n) is 18.4. The van der Waals surface area contributed by atoms with Crippen LogP contribution in [0.2, 0.25) is 0 Å². The number of halogens is 1. The molecule has 3 aromatic carbocycles. The Morgan fingerprint density at radius 3 is 2.41 bits per heavy atom. The second-order valence-electron chi connectivity index (χ2n) is 7.53. The summed E-state index contributed by atoms with van der Waals surface area (Å²) in [4.78, 5) is 42.5. The van der Waals surface area contributed by atoms with Crippen molar-refractivity contribution in [3.8, 4) is 0 Å². The van der Waals surface area contributed by atoms with Gasteiger partial charge in [-0.3, -0.25) is 14.2 Å². The van der Waals surface area contributed by atoms with Gasteiger partial charge in [-0.1, -0.05) is 42.1 Å². The number of rotatable bonds is 8. The highest BCUT2D eigenvalue weighted by Crippen LogP contribution is 2.21. The minimum atomic E-state index is -0.530. The Morgan fingerprint density at radius 2 is 1.71 bits per heavy atom. The number of hydrogen-bond donors (Lipinski definition) is 0. The summed E-state index contributed by atoms with van der Waals surface area (Å²) >= 11 is 1.13. The van der Waals surface area contributed by atoms with Gasteiger partial charge in [-0.05, 0) is 54.4 Å². The van der Waals surface area contributed by atoms with E-state index in [0.29, 0.717) is 34.6 Å². The predicted octanol–water partition coefficient (Wildman–Crippen LogP) is 4.54. The van der Waals surface area contributed by atoms with Crippen LogP contribution >= 0.6 is 11.8 Å². The molecule has 172 valence electrons. The maximum atomic E-state index is 13.3. The molecular formula is C26H21FN2O4S. The van der Waals surface area contributed by atoms with Crippen molar-refractivity contribution < 1.29 is 18.7 Å². The molecule has 0 saturated heterocycles. The van der Waals surface area contributed by atoms with Crippen LogP contribution in [0.25, 0.3) is 10.9 Å². The van der Waals surface area contributed by atoms with Crippen LogP contribution in [-0.4, -0.2) is 34.2 Å². The summed E-state index contributed by atoms with van der Waals surface area (Å²) in [7, 11) is 1.28. The summed E-state index contributed by atoms with van der Waals surface area (Å²) in [5.74, 6) is -1.14. The van der Waals surface area contributed by atoms with E-state index >= 15 is 0 Å². The average Bonchev–Trinajstić information content (AvgIpc) is 2.87. The average molecular weight is 477 g/mol. The lowest BCUT2D eigenvalue weighted by molar-refractivity contribution is 0.0600.